The second-order valence-corrected chi connectivity index (χ2v) is 7.26. The van der Waals surface area contributed by atoms with Crippen LogP contribution in [0.2, 0.25) is 0 Å². The molecule has 0 aliphatic carbocycles. The minimum Gasteiger partial charge on any atom is -0.477 e. The Labute approximate surface area is 163 Å². The van der Waals surface area contributed by atoms with E-state index >= 15 is 0 Å². The maximum Gasteiger partial charge on any atom is 0.310 e. The maximum absolute atomic E-state index is 12.5. The first kappa shape index (κ1) is 20.1. The van der Waals surface area contributed by atoms with Crippen molar-refractivity contribution >= 4 is 17.5 Å². The van der Waals surface area contributed by atoms with Gasteiger partial charge in [-0.1, -0.05) is 12.1 Å². The summed E-state index contributed by atoms with van der Waals surface area (Å²) in [6, 6.07) is 5.91. The van der Waals surface area contributed by atoms with Gasteiger partial charge < -0.3 is 20.3 Å². The highest BCUT2D eigenvalue weighted by Gasteiger charge is 2.27. The number of nitro groups is 1. The number of hydrogen-bond acceptors (Lipinski definition) is 6. The second-order valence-electron chi connectivity index (χ2n) is 7.26. The second kappa shape index (κ2) is 9.50. The molecule has 9 heteroatoms. The van der Waals surface area contributed by atoms with Gasteiger partial charge in [0.1, 0.15) is 0 Å². The minimum atomic E-state index is -0.529. The van der Waals surface area contributed by atoms with Crippen LogP contribution >= 0.6 is 0 Å². The first-order valence-corrected chi connectivity index (χ1v) is 9.69. The molecule has 2 fully saturated rings. The highest BCUT2D eigenvalue weighted by atomic mass is 16.6. The number of para-hydroxylation sites is 2. The van der Waals surface area contributed by atoms with Crippen LogP contribution < -0.4 is 15.4 Å². The standard InChI is InChI=1S/C19H26N4O5/c24-18(13-28-17-8-2-1-7-16(17)23(26)27)22-10-4-5-14(12-22)11-21-19(25)15-6-3-9-20-15/h1-2,7-8,14-15,20H,3-6,9-13H2,(H,21,25). The van der Waals surface area contributed by atoms with Crippen molar-refractivity contribution < 1.29 is 19.2 Å². The van der Waals surface area contributed by atoms with E-state index in [1.54, 1.807) is 17.0 Å². The number of ether oxygens (including phenoxy) is 1. The number of hydrogen-bond donors (Lipinski definition) is 2. The molecule has 28 heavy (non-hydrogen) atoms. The third kappa shape index (κ3) is 5.19. The van der Waals surface area contributed by atoms with E-state index in [0.29, 0.717) is 19.6 Å². The lowest BCUT2D eigenvalue weighted by Crippen LogP contribution is -2.47. The number of nitro benzene ring substituents is 1. The van der Waals surface area contributed by atoms with Gasteiger partial charge in [0.05, 0.1) is 11.0 Å². The van der Waals surface area contributed by atoms with Crippen LogP contribution in [0.25, 0.3) is 0 Å². The molecule has 3 rings (SSSR count). The maximum atomic E-state index is 12.5. The van der Waals surface area contributed by atoms with Gasteiger partial charge in [-0.05, 0) is 44.2 Å². The Hall–Kier alpha value is -2.68. The molecule has 2 unspecified atom stereocenters. The number of likely N-dealkylation sites (tertiary alicyclic amines) is 1. The zero-order valence-corrected chi connectivity index (χ0v) is 15.8. The van der Waals surface area contributed by atoms with Gasteiger partial charge >= 0.3 is 5.69 Å². The first-order chi connectivity index (χ1) is 13.5. The van der Waals surface area contributed by atoms with Crippen LogP contribution in [0, 0.1) is 16.0 Å². The zero-order valence-electron chi connectivity index (χ0n) is 15.8. The van der Waals surface area contributed by atoms with E-state index in [1.807, 2.05) is 0 Å². The number of carbonyl (C=O) groups excluding carboxylic acids is 2. The van der Waals surface area contributed by atoms with Crippen molar-refractivity contribution in [3.63, 3.8) is 0 Å². The molecule has 2 saturated heterocycles. The fourth-order valence-corrected chi connectivity index (χ4v) is 3.70. The third-order valence-corrected chi connectivity index (χ3v) is 5.23. The largest absolute Gasteiger partial charge is 0.477 e. The summed E-state index contributed by atoms with van der Waals surface area (Å²) in [5.41, 5.74) is -0.157. The van der Waals surface area contributed by atoms with Crippen LogP contribution in [-0.2, 0) is 9.59 Å². The summed E-state index contributed by atoms with van der Waals surface area (Å²) in [6.45, 7) is 2.37. The zero-order chi connectivity index (χ0) is 19.9. The van der Waals surface area contributed by atoms with E-state index in [4.69, 9.17) is 4.74 Å². The molecular formula is C19H26N4O5. The summed E-state index contributed by atoms with van der Waals surface area (Å²) in [4.78, 5) is 36.8. The van der Waals surface area contributed by atoms with E-state index in [-0.39, 0.29) is 41.8 Å². The Bertz CT molecular complexity index is 720. The molecule has 0 bridgehead atoms. The summed E-state index contributed by atoms with van der Waals surface area (Å²) >= 11 is 0. The Morgan fingerprint density at radius 2 is 2.11 bits per heavy atom. The molecule has 2 heterocycles. The number of amides is 2. The lowest BCUT2D eigenvalue weighted by molar-refractivity contribution is -0.385. The molecule has 0 radical (unpaired) electrons. The van der Waals surface area contributed by atoms with Gasteiger partial charge in [-0.2, -0.15) is 0 Å². The molecule has 2 N–H and O–H groups in total. The van der Waals surface area contributed by atoms with Gasteiger partial charge in [0.2, 0.25) is 5.91 Å². The molecule has 152 valence electrons. The fourth-order valence-electron chi connectivity index (χ4n) is 3.70. The molecule has 2 aliphatic rings. The Morgan fingerprint density at radius 3 is 2.86 bits per heavy atom. The topological polar surface area (TPSA) is 114 Å². The summed E-state index contributed by atoms with van der Waals surface area (Å²) < 4.78 is 5.40. The van der Waals surface area contributed by atoms with Crippen LogP contribution in [0.1, 0.15) is 25.7 Å². The molecule has 2 amide bonds. The van der Waals surface area contributed by atoms with Crippen molar-refractivity contribution in [2.75, 3.05) is 32.8 Å². The van der Waals surface area contributed by atoms with E-state index in [1.165, 1.54) is 12.1 Å². The molecule has 0 aromatic heterocycles. The minimum absolute atomic E-state index is 0.0284. The first-order valence-electron chi connectivity index (χ1n) is 9.69. The van der Waals surface area contributed by atoms with E-state index < -0.39 is 4.92 Å². The number of rotatable bonds is 7. The van der Waals surface area contributed by atoms with Crippen molar-refractivity contribution in [1.82, 2.24) is 15.5 Å². The van der Waals surface area contributed by atoms with Crippen LogP contribution in [0.15, 0.2) is 24.3 Å². The lowest BCUT2D eigenvalue weighted by Gasteiger charge is -2.33. The number of benzene rings is 1. The molecule has 2 aliphatic heterocycles. The third-order valence-electron chi connectivity index (χ3n) is 5.23. The highest BCUT2D eigenvalue weighted by Crippen LogP contribution is 2.26. The quantitative estimate of drug-likeness (QED) is 0.532. The monoisotopic (exact) mass is 390 g/mol. The molecule has 1 aromatic carbocycles. The summed E-state index contributed by atoms with van der Waals surface area (Å²) in [6.07, 6.45) is 3.69. The average molecular weight is 390 g/mol. The van der Waals surface area contributed by atoms with Crippen LogP contribution in [-0.4, -0.2) is 60.5 Å². The van der Waals surface area contributed by atoms with Crippen molar-refractivity contribution in [3.8, 4) is 5.75 Å². The van der Waals surface area contributed by atoms with Crippen molar-refractivity contribution in [2.24, 2.45) is 5.92 Å². The van der Waals surface area contributed by atoms with Crippen LogP contribution in [0.3, 0.4) is 0 Å². The van der Waals surface area contributed by atoms with Crippen molar-refractivity contribution in [1.29, 1.82) is 0 Å². The summed E-state index contributed by atoms with van der Waals surface area (Å²) in [5.74, 6) is 0.118. The van der Waals surface area contributed by atoms with Gasteiger partial charge in [-0.15, -0.1) is 0 Å². The van der Waals surface area contributed by atoms with E-state index in [9.17, 15) is 19.7 Å². The Kier molecular flexibility index (Phi) is 6.80. The Morgan fingerprint density at radius 1 is 1.29 bits per heavy atom. The molecule has 9 nitrogen and oxygen atoms in total. The smallest absolute Gasteiger partial charge is 0.310 e. The molecule has 2 atom stereocenters. The molecule has 1 aromatic rings. The van der Waals surface area contributed by atoms with Crippen LogP contribution in [0.4, 0.5) is 5.69 Å². The van der Waals surface area contributed by atoms with Gasteiger partial charge in [0, 0.05) is 25.7 Å². The average Bonchev–Trinajstić information content (AvgIpc) is 3.25. The SMILES string of the molecule is O=C(NCC1CCCN(C(=O)COc2ccccc2[N+](=O)[O-])C1)C1CCCN1. The van der Waals surface area contributed by atoms with Gasteiger partial charge in [-0.25, -0.2) is 0 Å². The molecule has 0 saturated carbocycles. The van der Waals surface area contributed by atoms with Gasteiger partial charge in [-0.3, -0.25) is 19.7 Å². The summed E-state index contributed by atoms with van der Waals surface area (Å²) in [7, 11) is 0. The van der Waals surface area contributed by atoms with Gasteiger partial charge in [0.25, 0.3) is 5.91 Å². The van der Waals surface area contributed by atoms with E-state index in [2.05, 4.69) is 10.6 Å². The number of nitrogens with one attached hydrogen (secondary N) is 2. The fraction of sp³-hybridized carbons (Fsp3) is 0.579. The Balaban J connectivity index is 1.46. The number of nitrogens with zero attached hydrogens (tertiary/aromatic N) is 2. The summed E-state index contributed by atoms with van der Waals surface area (Å²) in [5, 5.41) is 17.2. The van der Waals surface area contributed by atoms with Crippen LogP contribution in [0.5, 0.6) is 5.75 Å². The molecule has 0 spiro atoms. The predicted molar refractivity (Wildman–Crippen MR) is 102 cm³/mol. The highest BCUT2D eigenvalue weighted by molar-refractivity contribution is 5.82. The number of piperidine rings is 1. The normalized spacial score (nSPS) is 21.9. The van der Waals surface area contributed by atoms with E-state index in [0.717, 1.165) is 32.2 Å². The molecular weight excluding hydrogens is 364 g/mol. The number of carbonyl (C=O) groups is 2. The van der Waals surface area contributed by atoms with Gasteiger partial charge in [0.15, 0.2) is 12.4 Å². The predicted octanol–water partition coefficient (Wildman–Crippen LogP) is 1.08. The van der Waals surface area contributed by atoms with Crippen molar-refractivity contribution in [2.45, 2.75) is 31.7 Å². The lowest BCUT2D eigenvalue weighted by atomic mass is 9.97. The van der Waals surface area contributed by atoms with Crippen molar-refractivity contribution in [3.05, 3.63) is 34.4 Å².